The first-order chi connectivity index (χ1) is 9.67. The van der Waals surface area contributed by atoms with Crippen molar-refractivity contribution >= 4 is 11.8 Å². The topological polar surface area (TPSA) is 52.6 Å². The average molecular weight is 278 g/mol. The van der Waals surface area contributed by atoms with E-state index in [1.54, 1.807) is 18.2 Å². The Balaban J connectivity index is 2.48. The van der Waals surface area contributed by atoms with E-state index in [0.717, 1.165) is 12.8 Å². The van der Waals surface area contributed by atoms with Crippen molar-refractivity contribution in [2.45, 2.75) is 39.5 Å². The van der Waals surface area contributed by atoms with E-state index >= 15 is 0 Å². The number of esters is 1. The van der Waals surface area contributed by atoms with Crippen LogP contribution in [0.25, 0.3) is 0 Å². The number of ether oxygens (including phenoxy) is 2. The maximum Gasteiger partial charge on any atom is 0.306 e. The van der Waals surface area contributed by atoms with Gasteiger partial charge in [-0.1, -0.05) is 26.0 Å². The summed E-state index contributed by atoms with van der Waals surface area (Å²) in [6, 6.07) is 7.06. The molecule has 0 N–H and O–H groups in total. The highest BCUT2D eigenvalue weighted by Gasteiger charge is 2.10. The van der Waals surface area contributed by atoms with Crippen LogP contribution in [0.1, 0.15) is 49.9 Å². The maximum absolute atomic E-state index is 12.0. The second-order valence-corrected chi connectivity index (χ2v) is 4.52. The molecule has 4 heteroatoms. The Kier molecular flexibility index (Phi) is 7.40. The van der Waals surface area contributed by atoms with Crippen molar-refractivity contribution in [2.24, 2.45) is 0 Å². The third-order valence-electron chi connectivity index (χ3n) is 2.65. The van der Waals surface area contributed by atoms with Gasteiger partial charge in [-0.3, -0.25) is 9.59 Å². The molecule has 0 saturated carbocycles. The average Bonchev–Trinajstić information content (AvgIpc) is 2.48. The summed E-state index contributed by atoms with van der Waals surface area (Å²) in [6.45, 7) is 4.99. The van der Waals surface area contributed by atoms with Gasteiger partial charge >= 0.3 is 5.97 Å². The molecular weight excluding hydrogens is 256 g/mol. The zero-order valence-electron chi connectivity index (χ0n) is 12.2. The van der Waals surface area contributed by atoms with Crippen LogP contribution in [-0.2, 0) is 9.53 Å². The number of rotatable bonds is 9. The van der Waals surface area contributed by atoms with Gasteiger partial charge in [0.05, 0.1) is 19.6 Å². The molecule has 0 fully saturated rings. The summed E-state index contributed by atoms with van der Waals surface area (Å²) in [7, 11) is 0. The van der Waals surface area contributed by atoms with Crippen molar-refractivity contribution in [2.75, 3.05) is 13.2 Å². The quantitative estimate of drug-likeness (QED) is 0.513. The van der Waals surface area contributed by atoms with Gasteiger partial charge in [0, 0.05) is 12.0 Å². The number of carbonyl (C=O) groups is 2. The molecule has 0 aliphatic carbocycles. The normalized spacial score (nSPS) is 10.1. The number of ketones is 1. The van der Waals surface area contributed by atoms with E-state index in [-0.39, 0.29) is 24.6 Å². The summed E-state index contributed by atoms with van der Waals surface area (Å²) >= 11 is 0. The van der Waals surface area contributed by atoms with Gasteiger partial charge in [0.1, 0.15) is 5.75 Å². The van der Waals surface area contributed by atoms with Crippen LogP contribution < -0.4 is 4.74 Å². The van der Waals surface area contributed by atoms with Crippen LogP contribution in [0.3, 0.4) is 0 Å². The van der Waals surface area contributed by atoms with Gasteiger partial charge in [-0.05, 0) is 25.0 Å². The molecule has 0 aliphatic heterocycles. The third kappa shape index (κ3) is 5.87. The molecule has 0 aliphatic rings. The molecule has 20 heavy (non-hydrogen) atoms. The zero-order valence-corrected chi connectivity index (χ0v) is 12.2. The molecule has 0 saturated heterocycles. The predicted octanol–water partition coefficient (Wildman–Crippen LogP) is 3.39. The van der Waals surface area contributed by atoms with Crippen LogP contribution in [0.5, 0.6) is 5.75 Å². The molecule has 0 amide bonds. The molecule has 1 rings (SSSR count). The van der Waals surface area contributed by atoms with E-state index in [4.69, 9.17) is 9.47 Å². The minimum absolute atomic E-state index is 0.0691. The second kappa shape index (κ2) is 9.13. The molecule has 1 aromatic rings. The highest BCUT2D eigenvalue weighted by atomic mass is 16.5. The van der Waals surface area contributed by atoms with E-state index in [2.05, 4.69) is 0 Å². The lowest BCUT2D eigenvalue weighted by Gasteiger charge is -2.06. The second-order valence-electron chi connectivity index (χ2n) is 4.52. The molecule has 1 aromatic carbocycles. The van der Waals surface area contributed by atoms with Gasteiger partial charge in [0.15, 0.2) is 5.78 Å². The standard InChI is InChI=1S/C16H22O4/c1-3-10-19-14-7-5-6-13(12-14)15(17)8-9-16(18)20-11-4-2/h5-7,12H,3-4,8-11H2,1-2H3. The first kappa shape index (κ1) is 16.2. The molecule has 4 nitrogen and oxygen atoms in total. The largest absolute Gasteiger partial charge is 0.494 e. The Morgan fingerprint density at radius 2 is 1.80 bits per heavy atom. The molecular formula is C16H22O4. The van der Waals surface area contributed by atoms with Crippen LogP contribution in [0, 0.1) is 0 Å². The summed E-state index contributed by atoms with van der Waals surface area (Å²) in [5.41, 5.74) is 0.571. The highest BCUT2D eigenvalue weighted by molar-refractivity contribution is 5.97. The van der Waals surface area contributed by atoms with Crippen molar-refractivity contribution in [1.82, 2.24) is 0 Å². The Labute approximate surface area is 120 Å². The third-order valence-corrected chi connectivity index (χ3v) is 2.65. The molecule has 110 valence electrons. The van der Waals surface area contributed by atoms with E-state index in [9.17, 15) is 9.59 Å². The SMILES string of the molecule is CCCOC(=O)CCC(=O)c1cccc(OCCC)c1. The van der Waals surface area contributed by atoms with Crippen LogP contribution in [-0.4, -0.2) is 25.0 Å². The number of hydrogen-bond acceptors (Lipinski definition) is 4. The molecule has 0 bridgehead atoms. The maximum atomic E-state index is 12.0. The number of carbonyl (C=O) groups excluding carboxylic acids is 2. The summed E-state index contributed by atoms with van der Waals surface area (Å²) in [6.07, 6.45) is 2.00. The Morgan fingerprint density at radius 3 is 2.50 bits per heavy atom. The lowest BCUT2D eigenvalue weighted by atomic mass is 10.1. The van der Waals surface area contributed by atoms with Gasteiger partial charge in [-0.2, -0.15) is 0 Å². The van der Waals surface area contributed by atoms with Crippen LogP contribution in [0.2, 0.25) is 0 Å². The van der Waals surface area contributed by atoms with E-state index in [1.165, 1.54) is 0 Å². The van der Waals surface area contributed by atoms with Crippen molar-refractivity contribution < 1.29 is 19.1 Å². The summed E-state index contributed by atoms with van der Waals surface area (Å²) < 4.78 is 10.4. The molecule has 0 heterocycles. The molecule has 0 spiro atoms. The first-order valence-electron chi connectivity index (χ1n) is 7.09. The smallest absolute Gasteiger partial charge is 0.306 e. The Hall–Kier alpha value is -1.84. The monoisotopic (exact) mass is 278 g/mol. The first-order valence-corrected chi connectivity index (χ1v) is 7.09. The fraction of sp³-hybridized carbons (Fsp3) is 0.500. The number of Topliss-reactive ketones (excluding diaryl/α,β-unsaturated/α-hetero) is 1. The molecule has 0 aromatic heterocycles. The molecule has 0 atom stereocenters. The Bertz CT molecular complexity index is 440. The number of benzene rings is 1. The van der Waals surface area contributed by atoms with Gasteiger partial charge < -0.3 is 9.47 Å². The van der Waals surface area contributed by atoms with E-state index in [1.807, 2.05) is 19.9 Å². The van der Waals surface area contributed by atoms with Crippen molar-refractivity contribution in [3.63, 3.8) is 0 Å². The zero-order chi connectivity index (χ0) is 14.8. The van der Waals surface area contributed by atoms with Gasteiger partial charge in [-0.15, -0.1) is 0 Å². The summed E-state index contributed by atoms with van der Waals surface area (Å²) in [5, 5.41) is 0. The minimum atomic E-state index is -0.321. The van der Waals surface area contributed by atoms with E-state index in [0.29, 0.717) is 24.5 Å². The van der Waals surface area contributed by atoms with Crippen molar-refractivity contribution in [3.05, 3.63) is 29.8 Å². The lowest BCUT2D eigenvalue weighted by molar-refractivity contribution is -0.143. The van der Waals surface area contributed by atoms with Crippen LogP contribution in [0.15, 0.2) is 24.3 Å². The summed E-state index contributed by atoms with van der Waals surface area (Å²) in [4.78, 5) is 23.3. The predicted molar refractivity (Wildman–Crippen MR) is 77.0 cm³/mol. The van der Waals surface area contributed by atoms with Gasteiger partial charge in [0.2, 0.25) is 0 Å². The summed E-state index contributed by atoms with van der Waals surface area (Å²) in [5.74, 6) is 0.297. The number of hydrogen-bond donors (Lipinski definition) is 0. The molecule has 0 unspecified atom stereocenters. The van der Waals surface area contributed by atoms with Crippen LogP contribution in [0.4, 0.5) is 0 Å². The van der Waals surface area contributed by atoms with Crippen LogP contribution >= 0.6 is 0 Å². The Morgan fingerprint density at radius 1 is 1.05 bits per heavy atom. The minimum Gasteiger partial charge on any atom is -0.494 e. The fourth-order valence-electron chi connectivity index (χ4n) is 1.63. The van der Waals surface area contributed by atoms with E-state index < -0.39 is 0 Å². The van der Waals surface area contributed by atoms with Crippen molar-refractivity contribution in [3.8, 4) is 5.75 Å². The van der Waals surface area contributed by atoms with Gasteiger partial charge in [-0.25, -0.2) is 0 Å². The highest BCUT2D eigenvalue weighted by Crippen LogP contribution is 2.15. The molecule has 0 radical (unpaired) electrons. The fourth-order valence-corrected chi connectivity index (χ4v) is 1.63. The van der Waals surface area contributed by atoms with Crippen molar-refractivity contribution in [1.29, 1.82) is 0 Å². The van der Waals surface area contributed by atoms with Gasteiger partial charge in [0.25, 0.3) is 0 Å². The lowest BCUT2D eigenvalue weighted by Crippen LogP contribution is -2.09.